The van der Waals surface area contributed by atoms with Crippen molar-refractivity contribution in [1.29, 1.82) is 0 Å². The lowest BCUT2D eigenvalue weighted by atomic mass is 10.3. The van der Waals surface area contributed by atoms with E-state index in [-0.39, 0.29) is 17.1 Å². The highest BCUT2D eigenvalue weighted by Gasteiger charge is 2.20. The fourth-order valence-corrected chi connectivity index (χ4v) is 3.51. The number of aliphatic carboxylic acids is 1. The number of nitrogens with zero attached hydrogens (tertiary/aromatic N) is 4. The van der Waals surface area contributed by atoms with Crippen LogP contribution in [0.5, 0.6) is 0 Å². The monoisotopic (exact) mass is 409 g/mol. The maximum absolute atomic E-state index is 14.2. The highest BCUT2D eigenvalue weighted by Crippen LogP contribution is 2.24. The van der Waals surface area contributed by atoms with Crippen molar-refractivity contribution in [3.8, 4) is 0 Å². The van der Waals surface area contributed by atoms with Crippen LogP contribution in [0.4, 0.5) is 21.7 Å². The molecule has 150 valence electrons. The maximum atomic E-state index is 14.2. The van der Waals surface area contributed by atoms with E-state index >= 15 is 0 Å². The van der Waals surface area contributed by atoms with E-state index in [4.69, 9.17) is 5.11 Å². The van der Waals surface area contributed by atoms with Crippen LogP contribution in [-0.2, 0) is 14.6 Å². The number of halogens is 1. The molecule has 0 unspecified atom stereocenters. The van der Waals surface area contributed by atoms with Gasteiger partial charge in [-0.3, -0.25) is 9.69 Å². The van der Waals surface area contributed by atoms with E-state index in [1.54, 1.807) is 6.07 Å². The molecule has 0 spiro atoms. The van der Waals surface area contributed by atoms with Gasteiger partial charge in [0.15, 0.2) is 9.84 Å². The van der Waals surface area contributed by atoms with Crippen LogP contribution >= 0.6 is 0 Å². The largest absolute Gasteiger partial charge is 0.480 e. The zero-order chi connectivity index (χ0) is 20.3. The van der Waals surface area contributed by atoms with E-state index in [2.05, 4.69) is 15.3 Å². The minimum Gasteiger partial charge on any atom is -0.480 e. The number of sulfone groups is 1. The summed E-state index contributed by atoms with van der Waals surface area (Å²) in [6, 6.07) is 5.29. The molecular weight excluding hydrogens is 389 g/mol. The average molecular weight is 409 g/mol. The van der Waals surface area contributed by atoms with E-state index in [9.17, 15) is 17.6 Å². The van der Waals surface area contributed by atoms with Crippen molar-refractivity contribution in [2.75, 3.05) is 49.2 Å². The Morgan fingerprint density at radius 2 is 1.93 bits per heavy atom. The molecule has 0 aliphatic carbocycles. The molecule has 1 aliphatic heterocycles. The fraction of sp³-hybridized carbons (Fsp3) is 0.353. The Kier molecular flexibility index (Phi) is 5.75. The molecule has 1 aromatic carbocycles. The van der Waals surface area contributed by atoms with E-state index in [1.165, 1.54) is 18.5 Å². The van der Waals surface area contributed by atoms with Crippen molar-refractivity contribution in [3.05, 3.63) is 36.4 Å². The van der Waals surface area contributed by atoms with E-state index in [0.29, 0.717) is 37.8 Å². The third kappa shape index (κ3) is 4.93. The zero-order valence-corrected chi connectivity index (χ0v) is 16.0. The number of carboxylic acid groups (broad SMARTS) is 1. The minimum atomic E-state index is -3.49. The summed E-state index contributed by atoms with van der Waals surface area (Å²) in [5.74, 6) is -0.555. The Labute approximate surface area is 161 Å². The Morgan fingerprint density at radius 1 is 1.21 bits per heavy atom. The van der Waals surface area contributed by atoms with Crippen molar-refractivity contribution in [3.63, 3.8) is 0 Å². The number of carbonyl (C=O) groups is 1. The van der Waals surface area contributed by atoms with Gasteiger partial charge in [-0.25, -0.2) is 22.8 Å². The summed E-state index contributed by atoms with van der Waals surface area (Å²) >= 11 is 0. The van der Waals surface area contributed by atoms with Crippen LogP contribution in [0.3, 0.4) is 0 Å². The van der Waals surface area contributed by atoms with Gasteiger partial charge in [-0.15, -0.1) is 0 Å². The average Bonchev–Trinajstić information content (AvgIpc) is 2.63. The highest BCUT2D eigenvalue weighted by atomic mass is 32.2. The SMILES string of the molecule is CS(=O)(=O)c1ccc(Nc2cc(N3CCN(CC(=O)O)CC3)ncn2)c(F)c1. The first-order valence-corrected chi connectivity index (χ1v) is 10.4. The third-order valence-electron chi connectivity index (χ3n) is 4.34. The van der Waals surface area contributed by atoms with Crippen molar-refractivity contribution in [2.24, 2.45) is 0 Å². The van der Waals surface area contributed by atoms with Gasteiger partial charge in [0.25, 0.3) is 0 Å². The number of hydrogen-bond donors (Lipinski definition) is 2. The van der Waals surface area contributed by atoms with Crippen LogP contribution < -0.4 is 10.2 Å². The van der Waals surface area contributed by atoms with Gasteiger partial charge >= 0.3 is 5.97 Å². The quantitative estimate of drug-likeness (QED) is 0.720. The van der Waals surface area contributed by atoms with Gasteiger partial charge in [-0.2, -0.15) is 0 Å². The second-order valence-electron chi connectivity index (χ2n) is 6.46. The van der Waals surface area contributed by atoms with Gasteiger partial charge in [-0.05, 0) is 18.2 Å². The summed E-state index contributed by atoms with van der Waals surface area (Å²) in [6.45, 7) is 2.43. The van der Waals surface area contributed by atoms with Crippen LogP contribution in [0.15, 0.2) is 35.5 Å². The Bertz CT molecular complexity index is 977. The first kappa shape index (κ1) is 20.0. The number of piperazine rings is 1. The molecule has 2 heterocycles. The molecule has 2 N–H and O–H groups in total. The summed E-state index contributed by atoms with van der Waals surface area (Å²) in [5.41, 5.74) is 0.100. The molecule has 0 atom stereocenters. The molecule has 3 rings (SSSR count). The number of rotatable bonds is 6. The molecule has 1 fully saturated rings. The Morgan fingerprint density at radius 3 is 2.54 bits per heavy atom. The normalized spacial score (nSPS) is 15.4. The Balaban J connectivity index is 1.70. The summed E-state index contributed by atoms with van der Waals surface area (Å²) in [6.07, 6.45) is 2.37. The summed E-state index contributed by atoms with van der Waals surface area (Å²) in [7, 11) is -3.49. The van der Waals surface area contributed by atoms with Crippen LogP contribution in [-0.4, -0.2) is 73.3 Å². The van der Waals surface area contributed by atoms with E-state index in [0.717, 1.165) is 12.3 Å². The van der Waals surface area contributed by atoms with Crippen molar-refractivity contribution < 1.29 is 22.7 Å². The molecular formula is C17H20FN5O4S. The van der Waals surface area contributed by atoms with Crippen LogP contribution in [0.1, 0.15) is 0 Å². The van der Waals surface area contributed by atoms with Crippen molar-refractivity contribution in [1.82, 2.24) is 14.9 Å². The lowest BCUT2D eigenvalue weighted by Gasteiger charge is -2.34. The zero-order valence-electron chi connectivity index (χ0n) is 15.2. The second-order valence-corrected chi connectivity index (χ2v) is 8.47. The van der Waals surface area contributed by atoms with Gasteiger partial charge in [-0.1, -0.05) is 0 Å². The van der Waals surface area contributed by atoms with Gasteiger partial charge in [0, 0.05) is 38.5 Å². The molecule has 1 saturated heterocycles. The molecule has 0 saturated carbocycles. The number of benzene rings is 1. The van der Waals surface area contributed by atoms with Crippen molar-refractivity contribution >= 4 is 33.1 Å². The van der Waals surface area contributed by atoms with Crippen LogP contribution in [0.25, 0.3) is 0 Å². The lowest BCUT2D eigenvalue weighted by Crippen LogP contribution is -2.48. The van der Waals surface area contributed by atoms with Gasteiger partial charge in [0.1, 0.15) is 23.8 Å². The molecule has 2 aromatic rings. The molecule has 0 bridgehead atoms. The first-order chi connectivity index (χ1) is 13.2. The molecule has 9 nitrogen and oxygen atoms in total. The number of aromatic nitrogens is 2. The predicted octanol–water partition coefficient (Wildman–Crippen LogP) is 0.969. The van der Waals surface area contributed by atoms with Gasteiger partial charge in [0.05, 0.1) is 17.1 Å². The lowest BCUT2D eigenvalue weighted by molar-refractivity contribution is -0.138. The van der Waals surface area contributed by atoms with Gasteiger partial charge < -0.3 is 15.3 Å². The minimum absolute atomic E-state index is 0.00711. The topological polar surface area (TPSA) is 116 Å². The highest BCUT2D eigenvalue weighted by molar-refractivity contribution is 7.90. The molecule has 11 heteroatoms. The summed E-state index contributed by atoms with van der Waals surface area (Å²) < 4.78 is 37.2. The molecule has 1 aliphatic rings. The molecule has 0 radical (unpaired) electrons. The summed E-state index contributed by atoms with van der Waals surface area (Å²) in [5, 5.41) is 11.7. The Hall–Kier alpha value is -2.79. The van der Waals surface area contributed by atoms with Crippen molar-refractivity contribution in [2.45, 2.75) is 4.90 Å². The standard InChI is InChI=1S/C17H20FN5O4S/c1-28(26,27)12-2-3-14(13(18)8-12)21-15-9-16(20-11-19-15)23-6-4-22(5-7-23)10-17(24)25/h2-3,8-9,11H,4-7,10H2,1H3,(H,24,25)(H,19,20,21). The van der Waals surface area contributed by atoms with E-state index in [1.807, 2.05) is 9.80 Å². The predicted molar refractivity (Wildman–Crippen MR) is 101 cm³/mol. The third-order valence-corrected chi connectivity index (χ3v) is 5.45. The smallest absolute Gasteiger partial charge is 0.317 e. The van der Waals surface area contributed by atoms with Gasteiger partial charge in [0.2, 0.25) is 0 Å². The molecule has 0 amide bonds. The number of nitrogens with one attached hydrogen (secondary N) is 1. The maximum Gasteiger partial charge on any atom is 0.317 e. The fourth-order valence-electron chi connectivity index (χ4n) is 2.88. The van der Waals surface area contributed by atoms with Crippen LogP contribution in [0.2, 0.25) is 0 Å². The second kappa shape index (κ2) is 8.07. The number of carboxylic acids is 1. The summed E-state index contributed by atoms with van der Waals surface area (Å²) in [4.78, 5) is 22.8. The van der Waals surface area contributed by atoms with E-state index < -0.39 is 21.6 Å². The van der Waals surface area contributed by atoms with Crippen LogP contribution in [0, 0.1) is 5.82 Å². The first-order valence-electron chi connectivity index (χ1n) is 8.50. The molecule has 28 heavy (non-hydrogen) atoms. The number of hydrogen-bond acceptors (Lipinski definition) is 8. The number of anilines is 3. The molecule has 1 aromatic heterocycles.